The summed E-state index contributed by atoms with van der Waals surface area (Å²) in [5.74, 6) is -0.653. The third-order valence-corrected chi connectivity index (χ3v) is 10.9. The van der Waals surface area contributed by atoms with Gasteiger partial charge in [0.1, 0.15) is 24.5 Å². The summed E-state index contributed by atoms with van der Waals surface area (Å²) in [6.07, 6.45) is 10.3. The largest absolute Gasteiger partial charge is 0.393 e. The highest BCUT2D eigenvalue weighted by Gasteiger charge is 2.37. The van der Waals surface area contributed by atoms with Crippen molar-refractivity contribution < 1.29 is 14.4 Å². The minimum Gasteiger partial charge on any atom is -0.393 e. The third-order valence-electron chi connectivity index (χ3n) is 10.9. The van der Waals surface area contributed by atoms with Gasteiger partial charge in [-0.1, -0.05) is 37.9 Å². The fourth-order valence-corrected chi connectivity index (χ4v) is 7.53. The molecule has 14 nitrogen and oxygen atoms in total. The molecule has 4 aliphatic rings. The predicted molar refractivity (Wildman–Crippen MR) is 215 cm³/mol. The van der Waals surface area contributed by atoms with Crippen molar-refractivity contribution >= 4 is 44.2 Å². The number of carbonyl (C=O) groups excluding carboxylic acids is 3. The van der Waals surface area contributed by atoms with E-state index in [0.29, 0.717) is 17.9 Å². The molecule has 3 aromatic rings. The second kappa shape index (κ2) is 15.5. The second-order valence-corrected chi connectivity index (χ2v) is 15.3. The van der Waals surface area contributed by atoms with Crippen molar-refractivity contribution in [3.05, 3.63) is 83.0 Å². The molecule has 3 fully saturated rings. The van der Waals surface area contributed by atoms with Crippen LogP contribution in [-0.2, 0) is 14.9 Å². The van der Waals surface area contributed by atoms with Crippen LogP contribution in [0.1, 0.15) is 85.8 Å². The quantitative estimate of drug-likeness (QED) is 0.0969. The average molecular weight is 743 g/mol. The third kappa shape index (κ3) is 7.96. The minimum atomic E-state index is -1.04. The number of nitrogens with one attached hydrogen (secondary N) is 4. The topological polar surface area (TPSA) is 189 Å². The van der Waals surface area contributed by atoms with Crippen LogP contribution in [0.25, 0.3) is 11.1 Å². The molecule has 2 aliphatic heterocycles. The highest BCUT2D eigenvalue weighted by Crippen LogP contribution is 2.49. The van der Waals surface area contributed by atoms with Crippen molar-refractivity contribution in [2.45, 2.75) is 81.7 Å². The van der Waals surface area contributed by atoms with Gasteiger partial charge in [-0.25, -0.2) is 4.98 Å². The van der Waals surface area contributed by atoms with E-state index in [9.17, 15) is 14.4 Å². The molecule has 1 saturated heterocycles. The number of fused-ring (bicyclic) bond motifs is 3. The van der Waals surface area contributed by atoms with Crippen LogP contribution in [-0.4, -0.2) is 86.2 Å². The van der Waals surface area contributed by atoms with Gasteiger partial charge in [0.15, 0.2) is 0 Å². The Hall–Kier alpha value is -5.24. The van der Waals surface area contributed by atoms with Crippen molar-refractivity contribution in [2.24, 2.45) is 17.4 Å². The van der Waals surface area contributed by atoms with Gasteiger partial charge in [0.2, 0.25) is 5.91 Å². The number of aromatic nitrogens is 3. The van der Waals surface area contributed by atoms with Gasteiger partial charge < -0.3 is 42.5 Å². The molecule has 3 atom stereocenters. The molecule has 55 heavy (non-hydrogen) atoms. The van der Waals surface area contributed by atoms with Crippen LogP contribution < -0.4 is 37.6 Å². The Bertz CT molecular complexity index is 2040. The Balaban J connectivity index is 1.20. The first-order valence-corrected chi connectivity index (χ1v) is 19.2. The zero-order valence-corrected chi connectivity index (χ0v) is 32.1. The van der Waals surface area contributed by atoms with E-state index < -0.39 is 11.2 Å². The second-order valence-electron chi connectivity index (χ2n) is 15.3. The molecular weight excluding hydrogens is 692 g/mol. The summed E-state index contributed by atoms with van der Waals surface area (Å²) in [4.78, 5) is 46.9. The molecule has 0 bridgehead atoms. The van der Waals surface area contributed by atoms with Gasteiger partial charge in [0.05, 0.1) is 48.9 Å². The number of nitrogens with zero attached hydrogens (tertiary/aromatic N) is 5. The normalized spacial score (nSPS) is 22.8. The number of hydrogen-bond donors (Lipinski definition) is 6. The van der Waals surface area contributed by atoms with Gasteiger partial charge >= 0.3 is 0 Å². The summed E-state index contributed by atoms with van der Waals surface area (Å²) in [6, 6.07) is 11.4. The van der Waals surface area contributed by atoms with Crippen LogP contribution >= 0.6 is 0 Å². The molecule has 0 spiro atoms. The first kappa shape index (κ1) is 38.1. The number of hydrogen-bond acceptors (Lipinski definition) is 10. The number of allylic oxidation sites excluding steroid dienone is 1. The number of amides is 3. The molecule has 3 unspecified atom stereocenters. The summed E-state index contributed by atoms with van der Waals surface area (Å²) in [5, 5.41) is 16.7. The lowest BCUT2D eigenvalue weighted by molar-refractivity contribution is -0.121. The fraction of sp³-hybridized carbons (Fsp3) is 0.462. The van der Waals surface area contributed by atoms with Crippen molar-refractivity contribution in [1.82, 2.24) is 35.6 Å². The zero-order valence-electron chi connectivity index (χ0n) is 32.1. The predicted octanol–water partition coefficient (Wildman–Crippen LogP) is 2.76. The molecule has 4 heterocycles. The Labute approximate surface area is 324 Å². The van der Waals surface area contributed by atoms with Crippen molar-refractivity contribution in [2.75, 3.05) is 37.9 Å². The average Bonchev–Trinajstić information content (AvgIpc) is 4.11. The summed E-state index contributed by atoms with van der Waals surface area (Å²) < 4.78 is 2.15. The Kier molecular flexibility index (Phi) is 10.7. The lowest BCUT2D eigenvalue weighted by Crippen LogP contribution is -2.52. The van der Waals surface area contributed by atoms with Crippen LogP contribution in [0.3, 0.4) is 0 Å². The molecule has 2 saturated carbocycles. The first-order valence-electron chi connectivity index (χ1n) is 19.2. The van der Waals surface area contributed by atoms with E-state index in [1.165, 1.54) is 11.0 Å². The van der Waals surface area contributed by atoms with E-state index in [4.69, 9.17) is 24.4 Å². The van der Waals surface area contributed by atoms with Gasteiger partial charge in [-0.05, 0) is 62.1 Å². The molecular formula is C39H50B2N11O3. The van der Waals surface area contributed by atoms with Crippen LogP contribution in [0.2, 0.25) is 6.32 Å². The van der Waals surface area contributed by atoms with Crippen LogP contribution in [0.5, 0.6) is 0 Å². The summed E-state index contributed by atoms with van der Waals surface area (Å²) in [7, 11) is 14.5. The Morgan fingerprint density at radius 1 is 1.09 bits per heavy atom. The van der Waals surface area contributed by atoms with E-state index in [1.54, 1.807) is 20.2 Å². The molecule has 8 N–H and O–H groups in total. The number of carbonyl (C=O) groups is 3. The first-order chi connectivity index (χ1) is 26.4. The number of rotatable bonds is 11. The maximum absolute atomic E-state index is 13.2. The smallest absolute Gasteiger partial charge is 0.271 e. The highest BCUT2D eigenvalue weighted by molar-refractivity contribution is 6.53. The molecule has 7 rings (SSSR count). The zero-order chi connectivity index (χ0) is 39.0. The molecule has 2 aromatic heterocycles. The maximum atomic E-state index is 13.2. The standard InChI is InChI=1S/C39H50B2N11O3/c1-5-30-35-26(21-45-52(35)24-9-8-18-41-39(40,44-20-24)31-13-7-12-28(48-31)38(55)50(2)3)25-10-6-11-27(34(25)51(30)4)47-29(33(43)37(54)46-23-16-17-23)19-32(42)49-36(53)22-14-15-22/h6-7,10-13,19,21-24,30,44,47H,5,8-9,14-18,20,42-43H2,1-4H3,(H,46,54)(H,49,53)/b32-19+,33-29+. The van der Waals surface area contributed by atoms with Gasteiger partial charge in [-0.15, -0.1) is 0 Å². The van der Waals surface area contributed by atoms with Gasteiger partial charge in [0, 0.05) is 62.5 Å². The molecule has 285 valence electrons. The number of benzene rings is 1. The van der Waals surface area contributed by atoms with E-state index in [-0.39, 0.29) is 53.1 Å². The van der Waals surface area contributed by atoms with Crippen molar-refractivity contribution in [1.29, 1.82) is 0 Å². The van der Waals surface area contributed by atoms with Crippen molar-refractivity contribution in [3.8, 4) is 11.1 Å². The van der Waals surface area contributed by atoms with Gasteiger partial charge in [-0.2, -0.15) is 5.10 Å². The molecule has 1 aromatic carbocycles. The maximum Gasteiger partial charge on any atom is 0.271 e. The highest BCUT2D eigenvalue weighted by atomic mass is 16.2. The fourth-order valence-electron chi connectivity index (χ4n) is 7.53. The monoisotopic (exact) mass is 742 g/mol. The summed E-state index contributed by atoms with van der Waals surface area (Å²) in [5.41, 5.74) is 18.8. The van der Waals surface area contributed by atoms with Crippen molar-refractivity contribution in [3.63, 3.8) is 0 Å². The van der Waals surface area contributed by atoms with Crippen LogP contribution in [0.4, 0.5) is 11.4 Å². The Morgan fingerprint density at radius 2 is 1.85 bits per heavy atom. The molecule has 2 aliphatic carbocycles. The number of para-hydroxylation sites is 1. The summed E-state index contributed by atoms with van der Waals surface area (Å²) in [6.45, 7) is 2.69. The minimum absolute atomic E-state index is 0.00412. The molecule has 16 heteroatoms. The molecule has 3 radical (unpaired) electrons. The van der Waals surface area contributed by atoms with Gasteiger partial charge in [0.25, 0.3) is 11.8 Å². The van der Waals surface area contributed by atoms with E-state index in [0.717, 1.165) is 79.5 Å². The Morgan fingerprint density at radius 3 is 2.56 bits per heavy atom. The number of anilines is 2. The number of pyridine rings is 1. The number of nitrogens with two attached hydrogens (primary N) is 2. The van der Waals surface area contributed by atoms with E-state index in [1.807, 2.05) is 30.5 Å². The lowest BCUT2D eigenvalue weighted by Gasteiger charge is -2.40. The van der Waals surface area contributed by atoms with Crippen LogP contribution in [0.15, 0.2) is 65.9 Å². The van der Waals surface area contributed by atoms with Crippen LogP contribution in [0, 0.1) is 5.92 Å². The SMILES string of the molecule is [B]C1(c2cccc(C(=O)N(C)C)n2)[B]CCCC(n2ncc3c2C(CC)N(C)c2c(NC(/C=C(\N)NC(=O)C4CC4)=C(/N)C(=O)NC4CC4)cccc2-3)CN1. The van der Waals surface area contributed by atoms with E-state index >= 15 is 0 Å². The summed E-state index contributed by atoms with van der Waals surface area (Å²) >= 11 is 0. The van der Waals surface area contributed by atoms with E-state index in [2.05, 4.69) is 63.2 Å². The lowest BCUT2D eigenvalue weighted by atomic mass is 9.44. The van der Waals surface area contributed by atoms with Gasteiger partial charge in [-0.3, -0.25) is 19.1 Å². The molecule has 3 amide bonds.